The molecule has 0 bridgehead atoms. The molecule has 0 radical (unpaired) electrons. The Labute approximate surface area is 114 Å². The normalized spacial score (nSPS) is 20.7. The van der Waals surface area contributed by atoms with Crippen molar-refractivity contribution < 1.29 is 4.42 Å². The van der Waals surface area contributed by atoms with Crippen LogP contribution in [0, 0.1) is 0 Å². The predicted octanol–water partition coefficient (Wildman–Crippen LogP) is 2.50. The molecule has 1 saturated heterocycles. The molecule has 102 valence electrons. The van der Waals surface area contributed by atoms with E-state index in [1.54, 1.807) is 6.26 Å². The van der Waals surface area contributed by atoms with Crippen LogP contribution in [0.1, 0.15) is 32.9 Å². The number of nitrogens with zero attached hydrogens (tertiary/aromatic N) is 2. The van der Waals surface area contributed by atoms with E-state index in [0.717, 1.165) is 31.3 Å². The zero-order chi connectivity index (χ0) is 13.0. The summed E-state index contributed by atoms with van der Waals surface area (Å²) in [5.74, 6) is 1.17. The second-order valence-electron chi connectivity index (χ2n) is 5.00. The van der Waals surface area contributed by atoms with Gasteiger partial charge in [-0.3, -0.25) is 0 Å². The summed E-state index contributed by atoms with van der Waals surface area (Å²) in [6.45, 7) is 9.39. The van der Waals surface area contributed by atoms with Crippen LogP contribution in [-0.2, 0) is 6.54 Å². The molecule has 1 atom stereocenters. The van der Waals surface area contributed by atoms with Gasteiger partial charge in [0, 0.05) is 36.7 Å². The van der Waals surface area contributed by atoms with Crippen molar-refractivity contribution in [2.24, 2.45) is 0 Å². The number of aromatic nitrogens is 1. The number of rotatable bonds is 5. The largest absolute Gasteiger partial charge is 0.432 e. The van der Waals surface area contributed by atoms with Crippen LogP contribution in [0.3, 0.4) is 0 Å². The maximum atomic E-state index is 5.59. The smallest absolute Gasteiger partial charge is 0.297 e. The van der Waals surface area contributed by atoms with E-state index in [2.05, 4.69) is 47.7 Å². The monoisotopic (exact) mass is 269 g/mol. The highest BCUT2D eigenvalue weighted by molar-refractivity contribution is 8.00. The van der Waals surface area contributed by atoms with Crippen LogP contribution < -0.4 is 10.2 Å². The molecular weight excluding hydrogens is 246 g/mol. The number of hydrogen-bond donors (Lipinski definition) is 1. The molecule has 1 unspecified atom stereocenters. The number of oxazole rings is 1. The van der Waals surface area contributed by atoms with E-state index in [4.69, 9.17) is 4.42 Å². The summed E-state index contributed by atoms with van der Waals surface area (Å²) in [4.78, 5) is 6.83. The molecule has 5 heteroatoms. The van der Waals surface area contributed by atoms with Crippen LogP contribution in [0.15, 0.2) is 10.7 Å². The van der Waals surface area contributed by atoms with Crippen LogP contribution in [0.4, 0.5) is 6.01 Å². The number of hydrogen-bond acceptors (Lipinski definition) is 5. The lowest BCUT2D eigenvalue weighted by Crippen LogP contribution is -2.37. The first-order valence-electron chi connectivity index (χ1n) is 6.73. The lowest BCUT2D eigenvalue weighted by molar-refractivity contribution is 0.527. The fraction of sp³-hybridized carbons (Fsp3) is 0.769. The summed E-state index contributed by atoms with van der Waals surface area (Å²) in [6.07, 6.45) is 2.98. The highest BCUT2D eigenvalue weighted by atomic mass is 32.2. The van der Waals surface area contributed by atoms with Gasteiger partial charge in [0.1, 0.15) is 6.26 Å². The third-order valence-corrected chi connectivity index (χ3v) is 4.47. The maximum absolute atomic E-state index is 5.59. The van der Waals surface area contributed by atoms with E-state index in [-0.39, 0.29) is 0 Å². The summed E-state index contributed by atoms with van der Waals surface area (Å²) < 4.78 is 5.59. The Balaban J connectivity index is 1.92. The van der Waals surface area contributed by atoms with Gasteiger partial charge in [-0.05, 0) is 6.42 Å². The third-order valence-electron chi connectivity index (χ3n) is 3.10. The van der Waals surface area contributed by atoms with Gasteiger partial charge in [0.05, 0.1) is 5.69 Å². The molecule has 1 aliphatic rings. The molecule has 0 amide bonds. The van der Waals surface area contributed by atoms with E-state index in [9.17, 15) is 0 Å². The van der Waals surface area contributed by atoms with Crippen LogP contribution >= 0.6 is 11.8 Å². The number of thioether (sulfide) groups is 1. The number of nitrogens with one attached hydrogen (secondary N) is 1. The van der Waals surface area contributed by atoms with Gasteiger partial charge in [0.15, 0.2) is 0 Å². The summed E-state index contributed by atoms with van der Waals surface area (Å²) >= 11 is 2.06. The first-order chi connectivity index (χ1) is 8.69. The third kappa shape index (κ3) is 3.65. The van der Waals surface area contributed by atoms with Gasteiger partial charge in [-0.2, -0.15) is 16.7 Å². The van der Waals surface area contributed by atoms with Crippen molar-refractivity contribution in [1.29, 1.82) is 0 Å². The summed E-state index contributed by atoms with van der Waals surface area (Å²) in [5.41, 5.74) is 0.991. The summed E-state index contributed by atoms with van der Waals surface area (Å²) in [7, 11) is 0. The second kappa shape index (κ2) is 6.48. The zero-order valence-corrected chi connectivity index (χ0v) is 12.3. The van der Waals surface area contributed by atoms with Gasteiger partial charge in [0.2, 0.25) is 0 Å². The van der Waals surface area contributed by atoms with Gasteiger partial charge in [0.25, 0.3) is 6.01 Å². The van der Waals surface area contributed by atoms with E-state index >= 15 is 0 Å². The van der Waals surface area contributed by atoms with Crippen molar-refractivity contribution in [3.8, 4) is 0 Å². The number of anilines is 1. The van der Waals surface area contributed by atoms with E-state index in [1.165, 1.54) is 12.2 Å². The van der Waals surface area contributed by atoms with Crippen LogP contribution in [0.5, 0.6) is 0 Å². The molecule has 0 aromatic carbocycles. The van der Waals surface area contributed by atoms with Gasteiger partial charge in [-0.15, -0.1) is 0 Å². The lowest BCUT2D eigenvalue weighted by Gasteiger charge is -2.30. The molecule has 2 heterocycles. The summed E-state index contributed by atoms with van der Waals surface area (Å²) in [6, 6.07) is 1.26. The molecule has 18 heavy (non-hydrogen) atoms. The molecule has 1 aromatic heterocycles. The van der Waals surface area contributed by atoms with Gasteiger partial charge >= 0.3 is 0 Å². The van der Waals surface area contributed by atoms with E-state index < -0.39 is 0 Å². The van der Waals surface area contributed by atoms with Crippen LogP contribution in [-0.4, -0.2) is 35.1 Å². The Bertz CT molecular complexity index is 367. The van der Waals surface area contributed by atoms with Crippen molar-refractivity contribution in [2.45, 2.75) is 45.0 Å². The van der Waals surface area contributed by atoms with Crippen LogP contribution in [0.25, 0.3) is 0 Å². The first kappa shape index (κ1) is 13.7. The van der Waals surface area contributed by atoms with Gasteiger partial charge in [-0.25, -0.2) is 0 Å². The van der Waals surface area contributed by atoms with Crippen molar-refractivity contribution in [1.82, 2.24) is 10.3 Å². The summed E-state index contributed by atoms with van der Waals surface area (Å²) in [5, 5.41) is 4.06. The predicted molar refractivity (Wildman–Crippen MR) is 77.2 cm³/mol. The quantitative estimate of drug-likeness (QED) is 0.889. The average Bonchev–Trinajstić information content (AvgIpc) is 2.85. The topological polar surface area (TPSA) is 41.3 Å². The molecule has 1 aromatic rings. The van der Waals surface area contributed by atoms with Crippen LogP contribution in [0.2, 0.25) is 0 Å². The minimum Gasteiger partial charge on any atom is -0.432 e. The van der Waals surface area contributed by atoms with Crippen molar-refractivity contribution >= 4 is 17.8 Å². The molecule has 1 fully saturated rings. The molecule has 1 N–H and O–H groups in total. The Morgan fingerprint density at radius 3 is 3.17 bits per heavy atom. The highest BCUT2D eigenvalue weighted by Gasteiger charge is 2.22. The van der Waals surface area contributed by atoms with Crippen molar-refractivity contribution in [3.63, 3.8) is 0 Å². The van der Waals surface area contributed by atoms with Gasteiger partial charge < -0.3 is 14.6 Å². The lowest BCUT2D eigenvalue weighted by atomic mass is 10.3. The SMILES string of the molecule is CCC1CN(c2nc(CNC(C)C)co2)CCS1. The van der Waals surface area contributed by atoms with Gasteiger partial charge in [-0.1, -0.05) is 20.8 Å². The molecule has 2 rings (SSSR count). The molecule has 0 spiro atoms. The first-order valence-corrected chi connectivity index (χ1v) is 7.78. The van der Waals surface area contributed by atoms with E-state index in [1.807, 2.05) is 0 Å². The molecule has 0 aliphatic carbocycles. The van der Waals surface area contributed by atoms with E-state index in [0.29, 0.717) is 11.3 Å². The minimum atomic E-state index is 0.473. The van der Waals surface area contributed by atoms with Crippen molar-refractivity contribution in [2.75, 3.05) is 23.7 Å². The van der Waals surface area contributed by atoms with Crippen molar-refractivity contribution in [3.05, 3.63) is 12.0 Å². The highest BCUT2D eigenvalue weighted by Crippen LogP contribution is 2.25. The Hall–Kier alpha value is -0.680. The molecule has 0 saturated carbocycles. The second-order valence-corrected chi connectivity index (χ2v) is 6.41. The fourth-order valence-electron chi connectivity index (χ4n) is 1.97. The zero-order valence-electron chi connectivity index (χ0n) is 11.5. The Kier molecular flexibility index (Phi) is 4.95. The molecule has 1 aliphatic heterocycles. The average molecular weight is 269 g/mol. The maximum Gasteiger partial charge on any atom is 0.297 e. The molecular formula is C13H23N3OS. The minimum absolute atomic E-state index is 0.473. The fourth-order valence-corrected chi connectivity index (χ4v) is 3.15. The Morgan fingerprint density at radius 1 is 1.61 bits per heavy atom. The molecule has 4 nitrogen and oxygen atoms in total. The Morgan fingerprint density at radius 2 is 2.44 bits per heavy atom. The standard InChI is InChI=1S/C13H23N3OS/c1-4-12-8-16(5-6-18-12)13-15-11(9-17-13)7-14-10(2)3/h9-10,12,14H,4-8H2,1-3H3.